The van der Waals surface area contributed by atoms with E-state index in [0.29, 0.717) is 4.47 Å². The van der Waals surface area contributed by atoms with Gasteiger partial charge in [-0.05, 0) is 18.4 Å². The zero-order valence-corrected chi connectivity index (χ0v) is 11.1. The lowest BCUT2D eigenvalue weighted by molar-refractivity contribution is 1.15. The molecule has 0 saturated heterocycles. The summed E-state index contributed by atoms with van der Waals surface area (Å²) in [5.41, 5.74) is 1.15. The van der Waals surface area contributed by atoms with Crippen LogP contribution >= 0.6 is 34.7 Å². The minimum atomic E-state index is 0.593. The van der Waals surface area contributed by atoms with Gasteiger partial charge in [0.05, 0.1) is 6.54 Å². The van der Waals surface area contributed by atoms with Crippen LogP contribution < -0.4 is 5.32 Å². The Morgan fingerprint density at radius 2 is 2.25 bits per heavy atom. The average molecular weight is 271 g/mol. The van der Waals surface area contributed by atoms with Crippen LogP contribution in [0.5, 0.6) is 0 Å². The summed E-state index contributed by atoms with van der Waals surface area (Å²) in [6, 6.07) is 8.25. The molecule has 0 atom stereocenters. The van der Waals surface area contributed by atoms with Gasteiger partial charge in [-0.1, -0.05) is 23.7 Å². The first-order chi connectivity index (χ1) is 7.79. The molecule has 0 radical (unpaired) electrons. The van der Waals surface area contributed by atoms with Crippen molar-refractivity contribution in [2.24, 2.45) is 0 Å². The smallest absolute Gasteiger partial charge is 0.183 e. The largest absolute Gasteiger partial charge is 0.379 e. The summed E-state index contributed by atoms with van der Waals surface area (Å²) in [6.45, 7) is 0.766. The highest BCUT2D eigenvalue weighted by Crippen LogP contribution is 2.26. The molecule has 1 N–H and O–H groups in total. The van der Waals surface area contributed by atoms with E-state index in [1.807, 2.05) is 18.3 Å². The first-order valence-corrected chi connectivity index (χ1v) is 7.18. The van der Waals surface area contributed by atoms with Crippen LogP contribution in [0.25, 0.3) is 0 Å². The molecular formula is C11H11ClN2S2. The Hall–Kier alpha value is -0.710. The Morgan fingerprint density at radius 1 is 1.44 bits per heavy atom. The first kappa shape index (κ1) is 11.8. The van der Waals surface area contributed by atoms with Crippen LogP contribution in [-0.2, 0) is 6.54 Å². The minimum Gasteiger partial charge on any atom is -0.379 e. The second-order valence-corrected chi connectivity index (χ2v) is 5.68. The number of halogens is 1. The molecule has 0 aliphatic carbocycles. The van der Waals surface area contributed by atoms with Crippen LogP contribution in [0.1, 0.15) is 4.88 Å². The predicted octanol–water partition coefficient (Wildman–Crippen LogP) is 4.13. The van der Waals surface area contributed by atoms with Gasteiger partial charge in [-0.25, -0.2) is 4.98 Å². The van der Waals surface area contributed by atoms with E-state index in [0.717, 1.165) is 17.1 Å². The molecule has 0 saturated carbocycles. The summed E-state index contributed by atoms with van der Waals surface area (Å²) >= 11 is 9.02. The third kappa shape index (κ3) is 2.90. The number of anilines is 1. The van der Waals surface area contributed by atoms with Gasteiger partial charge >= 0.3 is 0 Å². The number of nitrogens with zero attached hydrogens (tertiary/aromatic N) is 1. The summed E-state index contributed by atoms with van der Waals surface area (Å²) in [6.07, 6.45) is 3.88. The molecule has 0 spiro atoms. The topological polar surface area (TPSA) is 24.9 Å². The Bertz CT molecular complexity index is 471. The summed E-state index contributed by atoms with van der Waals surface area (Å²) in [4.78, 5) is 6.40. The van der Waals surface area contributed by atoms with Crippen molar-refractivity contribution in [3.05, 3.63) is 39.8 Å². The summed E-state index contributed by atoms with van der Waals surface area (Å²) in [5, 5.41) is 3.38. The van der Waals surface area contributed by atoms with Crippen molar-refractivity contribution in [3.8, 4) is 0 Å². The maximum atomic E-state index is 5.78. The van der Waals surface area contributed by atoms with Crippen molar-refractivity contribution in [3.63, 3.8) is 0 Å². The lowest BCUT2D eigenvalue weighted by Gasteiger charge is -2.08. The molecule has 0 bridgehead atoms. The molecule has 0 aliphatic rings. The van der Waals surface area contributed by atoms with Crippen molar-refractivity contribution in [1.82, 2.24) is 4.98 Å². The third-order valence-corrected chi connectivity index (χ3v) is 4.00. The van der Waals surface area contributed by atoms with E-state index in [-0.39, 0.29) is 0 Å². The molecule has 1 aromatic heterocycles. The number of para-hydroxylation sites is 1. The van der Waals surface area contributed by atoms with Crippen molar-refractivity contribution in [2.75, 3.05) is 11.6 Å². The third-order valence-electron chi connectivity index (χ3n) is 2.09. The zero-order valence-electron chi connectivity index (χ0n) is 8.74. The Labute approximate surface area is 108 Å². The van der Waals surface area contributed by atoms with Gasteiger partial charge in [0.2, 0.25) is 0 Å². The highest BCUT2D eigenvalue weighted by atomic mass is 35.5. The van der Waals surface area contributed by atoms with Crippen molar-refractivity contribution in [1.29, 1.82) is 0 Å². The van der Waals surface area contributed by atoms with Crippen LogP contribution in [0.2, 0.25) is 4.47 Å². The number of rotatable bonds is 4. The zero-order chi connectivity index (χ0) is 11.4. The molecule has 2 nitrogen and oxygen atoms in total. The van der Waals surface area contributed by atoms with E-state index in [1.165, 1.54) is 16.2 Å². The molecule has 84 valence electrons. The average Bonchev–Trinajstić information content (AvgIpc) is 2.73. The number of aromatic nitrogens is 1. The SMILES string of the molecule is CSc1ccccc1NCc1cnc(Cl)s1. The van der Waals surface area contributed by atoms with Gasteiger partial charge in [-0.3, -0.25) is 0 Å². The van der Waals surface area contributed by atoms with Crippen LogP contribution in [-0.4, -0.2) is 11.2 Å². The molecule has 1 heterocycles. The number of thioether (sulfide) groups is 1. The molecule has 2 rings (SSSR count). The molecule has 2 aromatic rings. The standard InChI is InChI=1S/C11H11ClN2S2/c1-15-10-5-3-2-4-9(10)13-6-8-7-14-11(12)16-8/h2-5,7,13H,6H2,1H3. The molecule has 0 amide bonds. The first-order valence-electron chi connectivity index (χ1n) is 4.76. The molecule has 1 aromatic carbocycles. The molecular weight excluding hydrogens is 260 g/mol. The van der Waals surface area contributed by atoms with Gasteiger partial charge in [0.25, 0.3) is 0 Å². The number of nitrogens with one attached hydrogen (secondary N) is 1. The fraction of sp³-hybridized carbons (Fsp3) is 0.182. The van der Waals surface area contributed by atoms with E-state index < -0.39 is 0 Å². The van der Waals surface area contributed by atoms with Crippen LogP contribution in [0, 0.1) is 0 Å². The van der Waals surface area contributed by atoms with Crippen LogP contribution in [0.3, 0.4) is 0 Å². The number of benzene rings is 1. The minimum absolute atomic E-state index is 0.593. The second-order valence-electron chi connectivity index (χ2n) is 3.13. The lowest BCUT2D eigenvalue weighted by atomic mass is 10.3. The highest BCUT2D eigenvalue weighted by molar-refractivity contribution is 7.98. The predicted molar refractivity (Wildman–Crippen MR) is 72.7 cm³/mol. The number of hydrogen-bond acceptors (Lipinski definition) is 4. The van der Waals surface area contributed by atoms with E-state index in [2.05, 4.69) is 28.7 Å². The van der Waals surface area contributed by atoms with Gasteiger partial charge in [0, 0.05) is 21.7 Å². The van der Waals surface area contributed by atoms with Gasteiger partial charge < -0.3 is 5.32 Å². The molecule has 16 heavy (non-hydrogen) atoms. The van der Waals surface area contributed by atoms with Gasteiger partial charge in [0.15, 0.2) is 4.47 Å². The van der Waals surface area contributed by atoms with E-state index in [1.54, 1.807) is 11.8 Å². The fourth-order valence-electron chi connectivity index (χ4n) is 1.34. The van der Waals surface area contributed by atoms with Crippen LogP contribution in [0.15, 0.2) is 35.4 Å². The number of hydrogen-bond donors (Lipinski definition) is 1. The van der Waals surface area contributed by atoms with E-state index in [9.17, 15) is 0 Å². The summed E-state index contributed by atoms with van der Waals surface area (Å²) in [5.74, 6) is 0. The van der Waals surface area contributed by atoms with Gasteiger partial charge in [-0.2, -0.15) is 0 Å². The van der Waals surface area contributed by atoms with Crippen molar-refractivity contribution >= 4 is 40.4 Å². The molecule has 0 unspecified atom stereocenters. The Morgan fingerprint density at radius 3 is 2.94 bits per heavy atom. The summed E-state index contributed by atoms with van der Waals surface area (Å²) < 4.78 is 0.593. The molecule has 0 fully saturated rings. The van der Waals surface area contributed by atoms with Gasteiger partial charge in [-0.15, -0.1) is 23.1 Å². The Kier molecular flexibility index (Phi) is 4.09. The molecule has 0 aliphatic heterocycles. The number of thiazole rings is 1. The van der Waals surface area contributed by atoms with E-state index in [4.69, 9.17) is 11.6 Å². The monoisotopic (exact) mass is 270 g/mol. The quantitative estimate of drug-likeness (QED) is 0.846. The lowest BCUT2D eigenvalue weighted by Crippen LogP contribution is -1.98. The van der Waals surface area contributed by atoms with Gasteiger partial charge in [0.1, 0.15) is 0 Å². The van der Waals surface area contributed by atoms with Crippen molar-refractivity contribution in [2.45, 2.75) is 11.4 Å². The van der Waals surface area contributed by atoms with Crippen molar-refractivity contribution < 1.29 is 0 Å². The molecule has 5 heteroatoms. The fourth-order valence-corrected chi connectivity index (χ4v) is 2.83. The maximum Gasteiger partial charge on any atom is 0.183 e. The van der Waals surface area contributed by atoms with Crippen LogP contribution in [0.4, 0.5) is 5.69 Å². The normalized spacial score (nSPS) is 10.4. The summed E-state index contributed by atoms with van der Waals surface area (Å²) in [7, 11) is 0. The second kappa shape index (κ2) is 5.57. The Balaban J connectivity index is 2.04. The highest BCUT2D eigenvalue weighted by Gasteiger charge is 2.02. The van der Waals surface area contributed by atoms with E-state index >= 15 is 0 Å². The maximum absolute atomic E-state index is 5.78.